The van der Waals surface area contributed by atoms with Crippen molar-refractivity contribution < 1.29 is 4.79 Å². The van der Waals surface area contributed by atoms with Crippen LogP contribution in [0, 0.1) is 0 Å². The second-order valence-electron chi connectivity index (χ2n) is 6.85. The third-order valence-electron chi connectivity index (χ3n) is 5.48. The monoisotopic (exact) mass is 319 g/mol. The predicted octanol–water partition coefficient (Wildman–Crippen LogP) is 2.14. The molecule has 4 heterocycles. The molecule has 0 radical (unpaired) electrons. The van der Waals surface area contributed by atoms with E-state index < -0.39 is 0 Å². The van der Waals surface area contributed by atoms with E-state index in [2.05, 4.69) is 26.6 Å². The summed E-state index contributed by atoms with van der Waals surface area (Å²) < 4.78 is 0. The molecule has 0 aliphatic carbocycles. The summed E-state index contributed by atoms with van der Waals surface area (Å²) in [5, 5.41) is 5.50. The summed E-state index contributed by atoms with van der Waals surface area (Å²) in [5.74, 6) is 0.905. The zero-order valence-electron chi connectivity index (χ0n) is 13.1. The highest BCUT2D eigenvalue weighted by atomic mass is 32.1. The molecule has 0 bridgehead atoms. The number of fused-ring (bicyclic) bond motifs is 1. The minimum absolute atomic E-state index is 0.253. The van der Waals surface area contributed by atoms with E-state index in [4.69, 9.17) is 0 Å². The summed E-state index contributed by atoms with van der Waals surface area (Å²) in [5.41, 5.74) is 0.921. The highest BCUT2D eigenvalue weighted by Gasteiger charge is 2.33. The molecule has 1 atom stereocenters. The number of nitrogens with one attached hydrogen (secondary N) is 1. The van der Waals surface area contributed by atoms with Crippen LogP contribution in [0.2, 0.25) is 0 Å². The molecule has 1 aromatic heterocycles. The van der Waals surface area contributed by atoms with E-state index in [0.29, 0.717) is 12.0 Å². The van der Waals surface area contributed by atoms with Crippen molar-refractivity contribution in [2.75, 3.05) is 39.3 Å². The Morgan fingerprint density at radius 2 is 2.05 bits per heavy atom. The molecule has 1 amide bonds. The lowest BCUT2D eigenvalue weighted by Crippen LogP contribution is -2.51. The number of amides is 1. The first-order chi connectivity index (χ1) is 10.8. The summed E-state index contributed by atoms with van der Waals surface area (Å²) in [4.78, 5) is 18.8. The van der Waals surface area contributed by atoms with E-state index in [9.17, 15) is 4.79 Å². The van der Waals surface area contributed by atoms with Gasteiger partial charge >= 0.3 is 0 Å². The Morgan fingerprint density at radius 1 is 1.18 bits per heavy atom. The fourth-order valence-corrected chi connectivity index (χ4v) is 5.20. The Kier molecular flexibility index (Phi) is 4.20. The molecule has 4 rings (SSSR count). The summed E-state index contributed by atoms with van der Waals surface area (Å²) in [6.45, 7) is 6.32. The Hall–Kier alpha value is -0.910. The van der Waals surface area contributed by atoms with Crippen molar-refractivity contribution in [1.29, 1.82) is 0 Å². The zero-order chi connectivity index (χ0) is 14.9. The topological polar surface area (TPSA) is 35.6 Å². The predicted molar refractivity (Wildman–Crippen MR) is 89.7 cm³/mol. The minimum Gasteiger partial charge on any atom is -0.336 e. The van der Waals surface area contributed by atoms with Crippen molar-refractivity contribution in [3.05, 3.63) is 21.9 Å². The fourth-order valence-electron chi connectivity index (χ4n) is 4.14. The maximum atomic E-state index is 12.8. The first-order valence-electron chi connectivity index (χ1n) is 8.64. The van der Waals surface area contributed by atoms with Crippen LogP contribution in [0.3, 0.4) is 0 Å². The van der Waals surface area contributed by atoms with Gasteiger partial charge in [0, 0.05) is 35.9 Å². The summed E-state index contributed by atoms with van der Waals surface area (Å²) in [6.07, 6.45) is 4.96. The van der Waals surface area contributed by atoms with E-state index in [1.165, 1.54) is 37.1 Å². The molecule has 0 spiro atoms. The molecule has 1 aromatic rings. The molecule has 1 N–H and O–H groups in total. The number of piperidine rings is 1. The van der Waals surface area contributed by atoms with Crippen molar-refractivity contribution in [3.63, 3.8) is 0 Å². The zero-order valence-corrected chi connectivity index (χ0v) is 13.9. The van der Waals surface area contributed by atoms with Crippen LogP contribution in [0.5, 0.6) is 0 Å². The number of hydrogen-bond donors (Lipinski definition) is 1. The van der Waals surface area contributed by atoms with E-state index in [-0.39, 0.29) is 5.91 Å². The fraction of sp³-hybridized carbons (Fsp3) is 0.706. The molecule has 0 unspecified atom stereocenters. The van der Waals surface area contributed by atoms with Gasteiger partial charge in [-0.3, -0.25) is 9.69 Å². The van der Waals surface area contributed by atoms with Crippen LogP contribution in [-0.2, 0) is 0 Å². The van der Waals surface area contributed by atoms with Crippen LogP contribution in [0.25, 0.3) is 0 Å². The van der Waals surface area contributed by atoms with Crippen LogP contribution >= 0.6 is 11.3 Å². The molecule has 3 aliphatic rings. The molecule has 3 aliphatic heterocycles. The quantitative estimate of drug-likeness (QED) is 0.907. The van der Waals surface area contributed by atoms with Crippen molar-refractivity contribution in [2.45, 2.75) is 37.6 Å². The molecule has 5 heteroatoms. The molecule has 120 valence electrons. The van der Waals surface area contributed by atoms with Crippen molar-refractivity contribution in [2.24, 2.45) is 0 Å². The number of thiophene rings is 1. The standard InChI is InChI=1S/C17H25N3OS/c21-17(20-9-8-19-7-1-2-15(19)11-20)14-10-16(22-12-14)13-3-5-18-6-4-13/h10,12-13,15,18H,1-9,11H2/t15-/m0/s1. The van der Waals surface area contributed by atoms with Gasteiger partial charge in [0.1, 0.15) is 0 Å². The highest BCUT2D eigenvalue weighted by molar-refractivity contribution is 7.10. The molecule has 3 saturated heterocycles. The van der Waals surface area contributed by atoms with Crippen molar-refractivity contribution in [1.82, 2.24) is 15.1 Å². The number of nitrogens with zero attached hydrogens (tertiary/aromatic N) is 2. The number of rotatable bonds is 2. The third kappa shape index (κ3) is 2.82. The van der Waals surface area contributed by atoms with Gasteiger partial charge in [0.05, 0.1) is 5.56 Å². The number of piperazine rings is 1. The molecular formula is C17H25N3OS. The van der Waals surface area contributed by atoms with Gasteiger partial charge in [0.2, 0.25) is 0 Å². The second-order valence-corrected chi connectivity index (χ2v) is 7.79. The van der Waals surface area contributed by atoms with Gasteiger partial charge in [-0.05, 0) is 57.3 Å². The molecular weight excluding hydrogens is 294 g/mol. The average Bonchev–Trinajstić information content (AvgIpc) is 3.23. The van der Waals surface area contributed by atoms with E-state index in [1.807, 2.05) is 0 Å². The lowest BCUT2D eigenvalue weighted by atomic mass is 9.96. The lowest BCUT2D eigenvalue weighted by molar-refractivity contribution is 0.0572. The van der Waals surface area contributed by atoms with Crippen LogP contribution in [-0.4, -0.2) is 61.0 Å². The Balaban J connectivity index is 1.43. The molecule has 0 aromatic carbocycles. The summed E-state index contributed by atoms with van der Waals surface area (Å²) >= 11 is 1.78. The number of hydrogen-bond acceptors (Lipinski definition) is 4. The molecule has 4 nitrogen and oxygen atoms in total. The first-order valence-corrected chi connectivity index (χ1v) is 9.52. The van der Waals surface area contributed by atoms with Crippen LogP contribution in [0.1, 0.15) is 46.8 Å². The van der Waals surface area contributed by atoms with E-state index in [0.717, 1.165) is 38.3 Å². The van der Waals surface area contributed by atoms with Gasteiger partial charge in [0.25, 0.3) is 5.91 Å². The number of carbonyl (C=O) groups is 1. The summed E-state index contributed by atoms with van der Waals surface area (Å²) in [6, 6.07) is 2.78. The first kappa shape index (κ1) is 14.7. The van der Waals surface area contributed by atoms with Crippen LogP contribution in [0.15, 0.2) is 11.4 Å². The highest BCUT2D eigenvalue weighted by Crippen LogP contribution is 2.31. The van der Waals surface area contributed by atoms with Gasteiger partial charge in [-0.15, -0.1) is 11.3 Å². The molecule has 22 heavy (non-hydrogen) atoms. The normalized spacial score (nSPS) is 27.1. The van der Waals surface area contributed by atoms with Crippen LogP contribution in [0.4, 0.5) is 0 Å². The van der Waals surface area contributed by atoms with Crippen molar-refractivity contribution in [3.8, 4) is 0 Å². The smallest absolute Gasteiger partial charge is 0.254 e. The third-order valence-corrected chi connectivity index (χ3v) is 6.58. The van der Waals surface area contributed by atoms with E-state index in [1.54, 1.807) is 11.3 Å². The van der Waals surface area contributed by atoms with Crippen molar-refractivity contribution >= 4 is 17.2 Å². The second kappa shape index (κ2) is 6.30. The maximum absolute atomic E-state index is 12.8. The number of carbonyl (C=O) groups excluding carboxylic acids is 1. The lowest BCUT2D eigenvalue weighted by Gasteiger charge is -2.37. The van der Waals surface area contributed by atoms with Gasteiger partial charge in [-0.1, -0.05) is 0 Å². The van der Waals surface area contributed by atoms with Gasteiger partial charge < -0.3 is 10.2 Å². The maximum Gasteiger partial charge on any atom is 0.254 e. The largest absolute Gasteiger partial charge is 0.336 e. The molecule has 0 saturated carbocycles. The SMILES string of the molecule is O=C(c1csc(C2CCNCC2)c1)N1CCN2CCC[C@H]2C1. The van der Waals surface area contributed by atoms with Gasteiger partial charge in [0.15, 0.2) is 0 Å². The Labute approximate surface area is 136 Å². The van der Waals surface area contributed by atoms with Gasteiger partial charge in [-0.25, -0.2) is 0 Å². The molecule has 3 fully saturated rings. The Morgan fingerprint density at radius 3 is 2.91 bits per heavy atom. The minimum atomic E-state index is 0.253. The van der Waals surface area contributed by atoms with Gasteiger partial charge in [-0.2, -0.15) is 0 Å². The summed E-state index contributed by atoms with van der Waals surface area (Å²) in [7, 11) is 0. The average molecular weight is 319 g/mol. The van der Waals surface area contributed by atoms with E-state index >= 15 is 0 Å². The van der Waals surface area contributed by atoms with Crippen LogP contribution < -0.4 is 5.32 Å². The Bertz CT molecular complexity index is 538.